The van der Waals surface area contributed by atoms with Gasteiger partial charge in [0, 0.05) is 11.9 Å². The van der Waals surface area contributed by atoms with Gasteiger partial charge >= 0.3 is 0 Å². The van der Waals surface area contributed by atoms with Crippen molar-refractivity contribution in [3.63, 3.8) is 0 Å². The molecule has 2 aromatic carbocycles. The van der Waals surface area contributed by atoms with Gasteiger partial charge in [0.05, 0.1) is 18.3 Å². The number of aryl methyl sites for hydroxylation is 1. The molecule has 4 N–H and O–H groups in total. The zero-order chi connectivity index (χ0) is 19.6. The highest BCUT2D eigenvalue weighted by atomic mass is 32.2. The summed E-state index contributed by atoms with van der Waals surface area (Å²) in [5.74, 6) is -0.217. The number of nitrogens with one attached hydrogen (secondary N) is 1. The topological polar surface area (TPSA) is 127 Å². The third kappa shape index (κ3) is 4.52. The number of nitrogens with zero attached hydrogens (tertiary/aromatic N) is 2. The standard InChI is InChI=1S/C18H18N4O4S/c1-12-10-20-22(11-12)16-7-4-14(9-17(16)27(19,25)26)21-18(24)8-13-2-5-15(23)6-3-13/h2-7,9-11,23H,8H2,1H3,(H,21,24)(H2,19,25,26). The van der Waals surface area contributed by atoms with E-state index in [-0.39, 0.29) is 23.0 Å². The number of aromatic nitrogens is 2. The lowest BCUT2D eigenvalue weighted by molar-refractivity contribution is -0.115. The van der Waals surface area contributed by atoms with Crippen molar-refractivity contribution in [2.24, 2.45) is 5.14 Å². The van der Waals surface area contributed by atoms with Crippen LogP contribution in [0.3, 0.4) is 0 Å². The summed E-state index contributed by atoms with van der Waals surface area (Å²) < 4.78 is 25.4. The molecule has 1 aromatic heterocycles. The van der Waals surface area contributed by atoms with E-state index >= 15 is 0 Å². The average molecular weight is 386 g/mol. The second kappa shape index (κ2) is 7.22. The van der Waals surface area contributed by atoms with Gasteiger partial charge in [0.2, 0.25) is 15.9 Å². The Morgan fingerprint density at radius 3 is 2.52 bits per heavy atom. The molecule has 3 rings (SSSR count). The van der Waals surface area contributed by atoms with E-state index < -0.39 is 10.0 Å². The van der Waals surface area contributed by atoms with Crippen LogP contribution in [0.4, 0.5) is 5.69 Å². The van der Waals surface area contributed by atoms with Gasteiger partial charge < -0.3 is 10.4 Å². The molecule has 0 aliphatic rings. The second-order valence-electron chi connectivity index (χ2n) is 6.08. The molecular weight excluding hydrogens is 368 g/mol. The number of hydrogen-bond acceptors (Lipinski definition) is 5. The first-order valence-corrected chi connectivity index (χ1v) is 9.53. The fourth-order valence-electron chi connectivity index (χ4n) is 2.56. The van der Waals surface area contributed by atoms with Crippen molar-refractivity contribution in [1.82, 2.24) is 9.78 Å². The van der Waals surface area contributed by atoms with E-state index in [2.05, 4.69) is 10.4 Å². The normalized spacial score (nSPS) is 11.3. The molecule has 8 nitrogen and oxygen atoms in total. The van der Waals surface area contributed by atoms with Crippen LogP contribution in [0.5, 0.6) is 5.75 Å². The number of benzene rings is 2. The van der Waals surface area contributed by atoms with E-state index in [9.17, 15) is 18.3 Å². The van der Waals surface area contributed by atoms with Crippen LogP contribution in [0, 0.1) is 6.92 Å². The maximum absolute atomic E-state index is 12.2. The number of nitrogens with two attached hydrogens (primary N) is 1. The fourth-order valence-corrected chi connectivity index (χ4v) is 3.30. The van der Waals surface area contributed by atoms with Gasteiger partial charge in [0.1, 0.15) is 10.6 Å². The molecule has 3 aromatic rings. The molecule has 0 saturated carbocycles. The number of phenols is 1. The van der Waals surface area contributed by atoms with Gasteiger partial charge in [-0.1, -0.05) is 12.1 Å². The Labute approximate surface area is 156 Å². The summed E-state index contributed by atoms with van der Waals surface area (Å²) in [6.07, 6.45) is 3.35. The minimum atomic E-state index is -4.03. The van der Waals surface area contributed by atoms with Gasteiger partial charge in [-0.3, -0.25) is 4.79 Å². The molecular formula is C18H18N4O4S. The third-order valence-corrected chi connectivity index (χ3v) is 4.75. The highest BCUT2D eigenvalue weighted by Gasteiger charge is 2.18. The Kier molecular flexibility index (Phi) is 4.98. The number of phenolic OH excluding ortho intramolecular Hbond substituents is 1. The molecule has 0 aliphatic heterocycles. The molecule has 1 amide bonds. The quantitative estimate of drug-likeness (QED) is 0.615. The molecule has 0 saturated heterocycles. The number of amides is 1. The highest BCUT2D eigenvalue weighted by Crippen LogP contribution is 2.23. The van der Waals surface area contributed by atoms with Crippen molar-refractivity contribution in [3.8, 4) is 11.4 Å². The monoisotopic (exact) mass is 386 g/mol. The second-order valence-corrected chi connectivity index (χ2v) is 7.61. The molecule has 0 fully saturated rings. The molecule has 9 heteroatoms. The summed E-state index contributed by atoms with van der Waals surface area (Å²) in [6, 6.07) is 10.7. The number of carbonyl (C=O) groups excluding carboxylic acids is 1. The molecule has 1 heterocycles. The number of sulfonamides is 1. The first kappa shape index (κ1) is 18.6. The predicted molar refractivity (Wildman–Crippen MR) is 100 cm³/mol. The minimum Gasteiger partial charge on any atom is -0.508 e. The van der Waals surface area contributed by atoms with Crippen LogP contribution in [0.25, 0.3) is 5.69 Å². The number of primary sulfonamides is 1. The third-order valence-electron chi connectivity index (χ3n) is 3.81. The van der Waals surface area contributed by atoms with E-state index in [1.165, 1.54) is 28.9 Å². The molecule has 27 heavy (non-hydrogen) atoms. The molecule has 140 valence electrons. The molecule has 0 unspecified atom stereocenters. The summed E-state index contributed by atoms with van der Waals surface area (Å²) in [7, 11) is -4.03. The van der Waals surface area contributed by atoms with Gasteiger partial charge in [-0.15, -0.1) is 0 Å². The van der Waals surface area contributed by atoms with Crippen molar-refractivity contribution in [2.75, 3.05) is 5.32 Å². The van der Waals surface area contributed by atoms with Gasteiger partial charge in [-0.2, -0.15) is 5.10 Å². The Balaban J connectivity index is 1.86. The number of aromatic hydroxyl groups is 1. The molecule has 0 aliphatic carbocycles. The maximum Gasteiger partial charge on any atom is 0.240 e. The smallest absolute Gasteiger partial charge is 0.240 e. The highest BCUT2D eigenvalue weighted by molar-refractivity contribution is 7.89. The Bertz CT molecular complexity index is 1090. The first-order valence-electron chi connectivity index (χ1n) is 7.98. The van der Waals surface area contributed by atoms with E-state index in [4.69, 9.17) is 5.14 Å². The van der Waals surface area contributed by atoms with Crippen LogP contribution in [0.15, 0.2) is 59.8 Å². The SMILES string of the molecule is Cc1cnn(-c2ccc(NC(=O)Cc3ccc(O)cc3)cc2S(N)(=O)=O)c1. The lowest BCUT2D eigenvalue weighted by Crippen LogP contribution is -2.18. The van der Waals surface area contributed by atoms with Gasteiger partial charge in [0.25, 0.3) is 0 Å². The summed E-state index contributed by atoms with van der Waals surface area (Å²) in [4.78, 5) is 12.1. The molecule has 0 radical (unpaired) electrons. The van der Waals surface area contributed by atoms with Crippen molar-refractivity contribution in [1.29, 1.82) is 0 Å². The minimum absolute atomic E-state index is 0.0745. The summed E-state index contributed by atoms with van der Waals surface area (Å²) in [5.41, 5.74) is 2.17. The lowest BCUT2D eigenvalue weighted by Gasteiger charge is -2.11. The van der Waals surface area contributed by atoms with E-state index in [1.807, 2.05) is 6.92 Å². The van der Waals surface area contributed by atoms with E-state index in [0.29, 0.717) is 16.9 Å². The number of carbonyl (C=O) groups is 1. The van der Waals surface area contributed by atoms with Gasteiger partial charge in [-0.05, 0) is 48.4 Å². The Hall–Kier alpha value is -3.17. The number of rotatable bonds is 5. The van der Waals surface area contributed by atoms with E-state index in [1.54, 1.807) is 30.6 Å². The number of anilines is 1. The average Bonchev–Trinajstić information content (AvgIpc) is 3.02. The zero-order valence-electron chi connectivity index (χ0n) is 14.5. The van der Waals surface area contributed by atoms with Crippen molar-refractivity contribution >= 4 is 21.6 Å². The van der Waals surface area contributed by atoms with E-state index in [0.717, 1.165) is 5.56 Å². The van der Waals surface area contributed by atoms with Crippen molar-refractivity contribution in [2.45, 2.75) is 18.2 Å². The van der Waals surface area contributed by atoms with Crippen LogP contribution < -0.4 is 10.5 Å². The summed E-state index contributed by atoms with van der Waals surface area (Å²) >= 11 is 0. The van der Waals surface area contributed by atoms with Crippen molar-refractivity contribution in [3.05, 3.63) is 66.0 Å². The summed E-state index contributed by atoms with van der Waals surface area (Å²) in [5, 5.41) is 21.4. The fraction of sp³-hybridized carbons (Fsp3) is 0.111. The molecule has 0 spiro atoms. The molecule has 0 bridgehead atoms. The Morgan fingerprint density at radius 2 is 1.93 bits per heavy atom. The van der Waals surface area contributed by atoms with Crippen LogP contribution in [0.1, 0.15) is 11.1 Å². The number of hydrogen-bond donors (Lipinski definition) is 3. The van der Waals surface area contributed by atoms with Crippen LogP contribution in [0.2, 0.25) is 0 Å². The largest absolute Gasteiger partial charge is 0.508 e. The first-order chi connectivity index (χ1) is 12.7. The zero-order valence-corrected chi connectivity index (χ0v) is 15.3. The van der Waals surface area contributed by atoms with Crippen molar-refractivity contribution < 1.29 is 18.3 Å². The van der Waals surface area contributed by atoms with Crippen LogP contribution >= 0.6 is 0 Å². The summed E-state index contributed by atoms with van der Waals surface area (Å²) in [6.45, 7) is 1.83. The maximum atomic E-state index is 12.2. The molecule has 0 atom stereocenters. The van der Waals surface area contributed by atoms with Gasteiger partial charge in [0.15, 0.2) is 0 Å². The predicted octanol–water partition coefficient (Wildman–Crippen LogP) is 1.71. The lowest BCUT2D eigenvalue weighted by atomic mass is 10.1. The van der Waals surface area contributed by atoms with Crippen LogP contribution in [-0.2, 0) is 21.2 Å². The van der Waals surface area contributed by atoms with Gasteiger partial charge in [-0.25, -0.2) is 18.2 Å². The van der Waals surface area contributed by atoms with Crippen LogP contribution in [-0.4, -0.2) is 29.2 Å². The Morgan fingerprint density at radius 1 is 1.22 bits per heavy atom.